The second kappa shape index (κ2) is 8.33. The summed E-state index contributed by atoms with van der Waals surface area (Å²) < 4.78 is 0. The molecular formula is C19H16N4O3S. The molecule has 0 saturated heterocycles. The third kappa shape index (κ3) is 4.62. The number of nitrogens with one attached hydrogen (secondary N) is 1. The van der Waals surface area contributed by atoms with E-state index < -0.39 is 10.8 Å². The number of rotatable bonds is 6. The SMILES string of the molecule is CCc1ccc(-c2nc(C(=O)N/N=C\c3cccc([N+](=O)[O-])c3)cs2)cc1. The number of hydrazone groups is 1. The number of thiazole rings is 1. The Morgan fingerprint density at radius 2 is 2.07 bits per heavy atom. The summed E-state index contributed by atoms with van der Waals surface area (Å²) in [4.78, 5) is 26.8. The molecule has 0 unspecified atom stereocenters. The first kappa shape index (κ1) is 18.4. The van der Waals surface area contributed by atoms with E-state index in [2.05, 4.69) is 22.4 Å². The maximum atomic E-state index is 12.2. The molecule has 0 bridgehead atoms. The Balaban J connectivity index is 1.65. The van der Waals surface area contributed by atoms with E-state index in [9.17, 15) is 14.9 Å². The number of hydrogen-bond donors (Lipinski definition) is 1. The topological polar surface area (TPSA) is 97.5 Å². The van der Waals surface area contributed by atoms with E-state index in [0.29, 0.717) is 5.56 Å². The van der Waals surface area contributed by atoms with Gasteiger partial charge in [0.25, 0.3) is 11.6 Å². The fourth-order valence-corrected chi connectivity index (χ4v) is 3.14. The van der Waals surface area contributed by atoms with Gasteiger partial charge < -0.3 is 0 Å². The minimum atomic E-state index is -0.486. The third-order valence-electron chi connectivity index (χ3n) is 3.81. The Morgan fingerprint density at radius 1 is 1.30 bits per heavy atom. The number of aryl methyl sites for hydroxylation is 1. The molecule has 1 N–H and O–H groups in total. The molecule has 2 aromatic carbocycles. The van der Waals surface area contributed by atoms with Gasteiger partial charge in [-0.1, -0.05) is 43.3 Å². The zero-order valence-corrected chi connectivity index (χ0v) is 15.3. The number of carbonyl (C=O) groups is 1. The quantitative estimate of drug-likeness (QED) is 0.396. The summed E-state index contributed by atoms with van der Waals surface area (Å²) in [6.45, 7) is 2.09. The van der Waals surface area contributed by atoms with Gasteiger partial charge >= 0.3 is 0 Å². The molecule has 1 amide bonds. The van der Waals surface area contributed by atoms with Crippen LogP contribution >= 0.6 is 11.3 Å². The second-order valence-electron chi connectivity index (χ2n) is 5.64. The number of nitro benzene ring substituents is 1. The molecule has 0 aliphatic rings. The standard InChI is InChI=1S/C19H16N4O3S/c1-2-13-6-8-15(9-7-13)19-21-17(12-27-19)18(24)22-20-11-14-4-3-5-16(10-14)23(25)26/h3-12H,2H2,1H3,(H,22,24)/b20-11-. The number of carbonyl (C=O) groups excluding carboxylic acids is 1. The molecule has 136 valence electrons. The van der Waals surface area contributed by atoms with Crippen molar-refractivity contribution >= 4 is 29.1 Å². The van der Waals surface area contributed by atoms with Crippen LogP contribution in [0.1, 0.15) is 28.5 Å². The number of aromatic nitrogens is 1. The van der Waals surface area contributed by atoms with E-state index in [1.54, 1.807) is 17.5 Å². The third-order valence-corrected chi connectivity index (χ3v) is 4.70. The fourth-order valence-electron chi connectivity index (χ4n) is 2.34. The van der Waals surface area contributed by atoms with Crippen molar-refractivity contribution in [3.8, 4) is 10.6 Å². The summed E-state index contributed by atoms with van der Waals surface area (Å²) in [5, 5.41) is 17.0. The summed E-state index contributed by atoms with van der Waals surface area (Å²) in [6, 6.07) is 14.0. The first-order chi connectivity index (χ1) is 13.1. The minimum Gasteiger partial charge on any atom is -0.266 e. The highest BCUT2D eigenvalue weighted by Crippen LogP contribution is 2.24. The van der Waals surface area contributed by atoms with Gasteiger partial charge in [0.1, 0.15) is 10.7 Å². The molecule has 0 atom stereocenters. The van der Waals surface area contributed by atoms with Gasteiger partial charge in [0.05, 0.1) is 11.1 Å². The monoisotopic (exact) mass is 380 g/mol. The predicted octanol–water partition coefficient (Wildman–Crippen LogP) is 4.04. The average Bonchev–Trinajstić information content (AvgIpc) is 3.18. The highest BCUT2D eigenvalue weighted by molar-refractivity contribution is 7.13. The summed E-state index contributed by atoms with van der Waals surface area (Å²) >= 11 is 1.38. The lowest BCUT2D eigenvalue weighted by molar-refractivity contribution is -0.384. The number of nitro groups is 1. The van der Waals surface area contributed by atoms with Gasteiger partial charge in [0.15, 0.2) is 0 Å². The van der Waals surface area contributed by atoms with Crippen LogP contribution in [0.25, 0.3) is 10.6 Å². The molecule has 0 aliphatic heterocycles. The molecule has 8 heteroatoms. The molecule has 0 aliphatic carbocycles. The Morgan fingerprint density at radius 3 is 2.78 bits per heavy atom. The lowest BCUT2D eigenvalue weighted by Crippen LogP contribution is -2.17. The molecule has 0 spiro atoms. The summed E-state index contributed by atoms with van der Waals surface area (Å²) in [6.07, 6.45) is 2.32. The van der Waals surface area contributed by atoms with Gasteiger partial charge in [-0.05, 0) is 12.0 Å². The van der Waals surface area contributed by atoms with Gasteiger partial charge in [0.2, 0.25) is 0 Å². The molecule has 1 heterocycles. The smallest absolute Gasteiger partial charge is 0.266 e. The highest BCUT2D eigenvalue weighted by Gasteiger charge is 2.11. The molecule has 27 heavy (non-hydrogen) atoms. The molecule has 0 radical (unpaired) electrons. The van der Waals surface area contributed by atoms with Crippen LogP contribution in [0.4, 0.5) is 5.69 Å². The van der Waals surface area contributed by atoms with Crippen LogP contribution in [0.15, 0.2) is 59.0 Å². The summed E-state index contributed by atoms with van der Waals surface area (Å²) in [5.74, 6) is -0.440. The number of nitrogens with zero attached hydrogens (tertiary/aromatic N) is 3. The number of benzene rings is 2. The van der Waals surface area contributed by atoms with Crippen LogP contribution in [0.3, 0.4) is 0 Å². The van der Waals surface area contributed by atoms with Crippen LogP contribution in [0, 0.1) is 10.1 Å². The van der Waals surface area contributed by atoms with Crippen molar-refractivity contribution in [1.82, 2.24) is 10.4 Å². The van der Waals surface area contributed by atoms with Crippen molar-refractivity contribution in [3.63, 3.8) is 0 Å². The molecule has 7 nitrogen and oxygen atoms in total. The largest absolute Gasteiger partial charge is 0.290 e. The van der Waals surface area contributed by atoms with Gasteiger partial charge in [-0.2, -0.15) is 5.10 Å². The van der Waals surface area contributed by atoms with Gasteiger partial charge in [0, 0.05) is 28.6 Å². The Labute approximate surface area is 159 Å². The summed E-state index contributed by atoms with van der Waals surface area (Å²) in [7, 11) is 0. The van der Waals surface area contributed by atoms with E-state index in [0.717, 1.165) is 17.0 Å². The van der Waals surface area contributed by atoms with Gasteiger partial charge in [-0.3, -0.25) is 14.9 Å². The van der Waals surface area contributed by atoms with Crippen LogP contribution in [-0.2, 0) is 6.42 Å². The van der Waals surface area contributed by atoms with Crippen molar-refractivity contribution in [1.29, 1.82) is 0 Å². The molecule has 0 fully saturated rings. The van der Waals surface area contributed by atoms with Crippen molar-refractivity contribution in [2.75, 3.05) is 0 Å². The first-order valence-electron chi connectivity index (χ1n) is 8.19. The molecule has 3 aromatic rings. The van der Waals surface area contributed by atoms with E-state index in [1.807, 2.05) is 24.3 Å². The van der Waals surface area contributed by atoms with E-state index in [4.69, 9.17) is 0 Å². The fraction of sp³-hybridized carbons (Fsp3) is 0.105. The first-order valence-corrected chi connectivity index (χ1v) is 9.07. The van der Waals surface area contributed by atoms with E-state index in [1.165, 1.54) is 35.2 Å². The zero-order valence-electron chi connectivity index (χ0n) is 14.5. The van der Waals surface area contributed by atoms with Gasteiger partial charge in [-0.25, -0.2) is 10.4 Å². The van der Waals surface area contributed by atoms with Crippen molar-refractivity contribution in [2.45, 2.75) is 13.3 Å². The lowest BCUT2D eigenvalue weighted by atomic mass is 10.1. The maximum absolute atomic E-state index is 12.2. The number of non-ortho nitro benzene ring substituents is 1. The molecule has 3 rings (SSSR count). The van der Waals surface area contributed by atoms with E-state index >= 15 is 0 Å². The van der Waals surface area contributed by atoms with E-state index in [-0.39, 0.29) is 11.4 Å². The average molecular weight is 380 g/mol. The minimum absolute atomic E-state index is 0.0384. The summed E-state index contributed by atoms with van der Waals surface area (Å²) in [5.41, 5.74) is 5.32. The molecule has 1 aromatic heterocycles. The number of amides is 1. The second-order valence-corrected chi connectivity index (χ2v) is 6.50. The predicted molar refractivity (Wildman–Crippen MR) is 105 cm³/mol. The van der Waals surface area contributed by atoms with Crippen LogP contribution < -0.4 is 5.43 Å². The highest BCUT2D eigenvalue weighted by atomic mass is 32.1. The van der Waals surface area contributed by atoms with Crippen LogP contribution in [0.2, 0.25) is 0 Å². The van der Waals surface area contributed by atoms with Gasteiger partial charge in [-0.15, -0.1) is 11.3 Å². The number of hydrogen-bond acceptors (Lipinski definition) is 6. The van der Waals surface area contributed by atoms with Crippen molar-refractivity contribution in [3.05, 3.63) is 80.8 Å². The normalized spacial score (nSPS) is 10.9. The van der Waals surface area contributed by atoms with Crippen molar-refractivity contribution < 1.29 is 9.72 Å². The zero-order chi connectivity index (χ0) is 19.2. The van der Waals surface area contributed by atoms with Crippen LogP contribution in [-0.4, -0.2) is 22.0 Å². The Hall–Kier alpha value is -3.39. The Bertz CT molecular complexity index is 996. The van der Waals surface area contributed by atoms with Crippen molar-refractivity contribution in [2.24, 2.45) is 5.10 Å². The van der Waals surface area contributed by atoms with Crippen LogP contribution in [0.5, 0.6) is 0 Å². The Kier molecular flexibility index (Phi) is 5.68. The molecule has 0 saturated carbocycles. The molecular weight excluding hydrogens is 364 g/mol. The maximum Gasteiger partial charge on any atom is 0.290 e. The lowest BCUT2D eigenvalue weighted by Gasteiger charge is -1.99.